The molecule has 0 aromatic heterocycles. The van der Waals surface area contributed by atoms with Crippen molar-refractivity contribution in [2.24, 2.45) is 11.8 Å². The van der Waals surface area contributed by atoms with Crippen molar-refractivity contribution in [1.82, 2.24) is 4.90 Å². The monoisotopic (exact) mass is 169 g/mol. The maximum Gasteiger partial charge on any atom is 0.0938 e. The Kier molecular flexibility index (Phi) is 1.92. The summed E-state index contributed by atoms with van der Waals surface area (Å²) in [6.07, 6.45) is 1.29. The number of nitrogens with zero attached hydrogens (tertiary/aromatic N) is 1. The van der Waals surface area contributed by atoms with Crippen molar-refractivity contribution < 1.29 is 4.74 Å². The van der Waals surface area contributed by atoms with Crippen molar-refractivity contribution in [2.75, 3.05) is 26.7 Å². The Morgan fingerprint density at radius 2 is 2.08 bits per heavy atom. The minimum absolute atomic E-state index is 0.268. The van der Waals surface area contributed by atoms with Crippen LogP contribution in [0.4, 0.5) is 0 Å². The number of hydrogen-bond donors (Lipinski definition) is 0. The number of hydrogen-bond acceptors (Lipinski definition) is 2. The molecule has 2 heteroatoms. The highest BCUT2D eigenvalue weighted by Crippen LogP contribution is 2.39. The van der Waals surface area contributed by atoms with Crippen LogP contribution >= 0.6 is 0 Å². The van der Waals surface area contributed by atoms with E-state index in [0.717, 1.165) is 31.5 Å². The van der Waals surface area contributed by atoms with Gasteiger partial charge in [0, 0.05) is 13.1 Å². The van der Waals surface area contributed by atoms with E-state index in [-0.39, 0.29) is 5.60 Å². The third-order valence-electron chi connectivity index (χ3n) is 3.30. The van der Waals surface area contributed by atoms with Gasteiger partial charge in [-0.05, 0) is 25.3 Å². The van der Waals surface area contributed by atoms with Crippen LogP contribution in [0.2, 0.25) is 0 Å². The topological polar surface area (TPSA) is 12.5 Å². The van der Waals surface area contributed by atoms with E-state index in [1.165, 1.54) is 6.42 Å². The third-order valence-corrected chi connectivity index (χ3v) is 3.30. The SMILES string of the molecule is CC(C)C1COC2(C1)CN(C)C2. The van der Waals surface area contributed by atoms with Crippen molar-refractivity contribution in [3.05, 3.63) is 0 Å². The zero-order valence-electron chi connectivity index (χ0n) is 8.34. The van der Waals surface area contributed by atoms with Gasteiger partial charge < -0.3 is 9.64 Å². The lowest BCUT2D eigenvalue weighted by Gasteiger charge is -2.45. The predicted octanol–water partition coefficient (Wildman–Crippen LogP) is 1.36. The average Bonchev–Trinajstić information content (AvgIpc) is 2.31. The fraction of sp³-hybridized carbons (Fsp3) is 1.00. The van der Waals surface area contributed by atoms with E-state index in [4.69, 9.17) is 4.74 Å². The lowest BCUT2D eigenvalue weighted by molar-refractivity contribution is -0.100. The Labute approximate surface area is 74.9 Å². The molecule has 0 aliphatic carbocycles. The van der Waals surface area contributed by atoms with Crippen LogP contribution in [0, 0.1) is 11.8 Å². The van der Waals surface area contributed by atoms with Gasteiger partial charge in [0.05, 0.1) is 12.2 Å². The fourth-order valence-electron chi connectivity index (χ4n) is 2.47. The zero-order chi connectivity index (χ0) is 8.77. The number of likely N-dealkylation sites (tertiary alicyclic amines) is 1. The molecule has 0 radical (unpaired) electrons. The molecule has 2 saturated heterocycles. The van der Waals surface area contributed by atoms with E-state index in [2.05, 4.69) is 25.8 Å². The summed E-state index contributed by atoms with van der Waals surface area (Å²) < 4.78 is 5.88. The van der Waals surface area contributed by atoms with E-state index in [9.17, 15) is 0 Å². The van der Waals surface area contributed by atoms with E-state index < -0.39 is 0 Å². The highest BCUT2D eigenvalue weighted by Gasteiger charge is 2.48. The molecule has 2 rings (SSSR count). The molecule has 0 aromatic carbocycles. The minimum Gasteiger partial charge on any atom is -0.372 e. The van der Waals surface area contributed by atoms with Crippen molar-refractivity contribution >= 4 is 0 Å². The molecule has 2 fully saturated rings. The molecular weight excluding hydrogens is 150 g/mol. The first-order valence-electron chi connectivity index (χ1n) is 4.94. The smallest absolute Gasteiger partial charge is 0.0938 e. The lowest BCUT2D eigenvalue weighted by Crippen LogP contribution is -2.59. The number of rotatable bonds is 1. The van der Waals surface area contributed by atoms with Gasteiger partial charge in [-0.25, -0.2) is 0 Å². The van der Waals surface area contributed by atoms with Gasteiger partial charge in [0.2, 0.25) is 0 Å². The van der Waals surface area contributed by atoms with E-state index >= 15 is 0 Å². The van der Waals surface area contributed by atoms with Crippen LogP contribution < -0.4 is 0 Å². The second kappa shape index (κ2) is 2.71. The Bertz CT molecular complexity index is 173. The van der Waals surface area contributed by atoms with Crippen LogP contribution in [0.15, 0.2) is 0 Å². The predicted molar refractivity (Wildman–Crippen MR) is 49.1 cm³/mol. The van der Waals surface area contributed by atoms with Crippen molar-refractivity contribution in [3.8, 4) is 0 Å². The van der Waals surface area contributed by atoms with Gasteiger partial charge in [-0.2, -0.15) is 0 Å². The molecule has 1 spiro atoms. The summed E-state index contributed by atoms with van der Waals surface area (Å²) >= 11 is 0. The van der Waals surface area contributed by atoms with Gasteiger partial charge in [-0.1, -0.05) is 13.8 Å². The molecular formula is C10H19NO. The standard InChI is InChI=1S/C10H19NO/c1-8(2)9-4-10(12-5-9)6-11(3)7-10/h8-9H,4-7H2,1-3H3. The van der Waals surface area contributed by atoms with Crippen LogP contribution in [-0.4, -0.2) is 37.2 Å². The van der Waals surface area contributed by atoms with Gasteiger partial charge in [-0.15, -0.1) is 0 Å². The number of likely N-dealkylation sites (N-methyl/N-ethyl adjacent to an activating group) is 1. The Morgan fingerprint density at radius 1 is 1.42 bits per heavy atom. The van der Waals surface area contributed by atoms with E-state index in [1.807, 2.05) is 0 Å². The molecule has 0 aromatic rings. The van der Waals surface area contributed by atoms with Crippen LogP contribution in [0.5, 0.6) is 0 Å². The summed E-state index contributed by atoms with van der Waals surface area (Å²) in [7, 11) is 2.16. The quantitative estimate of drug-likeness (QED) is 0.587. The first-order chi connectivity index (χ1) is 5.61. The molecule has 1 unspecified atom stereocenters. The minimum atomic E-state index is 0.268. The maximum absolute atomic E-state index is 5.88. The summed E-state index contributed by atoms with van der Waals surface area (Å²) in [6, 6.07) is 0. The van der Waals surface area contributed by atoms with Crippen LogP contribution in [0.3, 0.4) is 0 Å². The Hall–Kier alpha value is -0.0800. The lowest BCUT2D eigenvalue weighted by atomic mass is 9.83. The van der Waals surface area contributed by atoms with Crippen LogP contribution in [0.1, 0.15) is 20.3 Å². The molecule has 0 saturated carbocycles. The van der Waals surface area contributed by atoms with Crippen molar-refractivity contribution in [2.45, 2.75) is 25.9 Å². The Balaban J connectivity index is 1.90. The molecule has 70 valence electrons. The van der Waals surface area contributed by atoms with E-state index in [1.54, 1.807) is 0 Å². The van der Waals surface area contributed by atoms with Crippen molar-refractivity contribution in [1.29, 1.82) is 0 Å². The number of ether oxygens (including phenoxy) is 1. The van der Waals surface area contributed by atoms with Crippen LogP contribution in [-0.2, 0) is 4.74 Å². The Morgan fingerprint density at radius 3 is 2.50 bits per heavy atom. The highest BCUT2D eigenvalue weighted by molar-refractivity contribution is 5.01. The first-order valence-corrected chi connectivity index (χ1v) is 4.94. The largest absolute Gasteiger partial charge is 0.372 e. The summed E-state index contributed by atoms with van der Waals surface area (Å²) in [5.41, 5.74) is 0.268. The molecule has 0 bridgehead atoms. The molecule has 2 aliphatic rings. The van der Waals surface area contributed by atoms with Gasteiger partial charge in [0.25, 0.3) is 0 Å². The van der Waals surface area contributed by atoms with Gasteiger partial charge >= 0.3 is 0 Å². The fourth-order valence-corrected chi connectivity index (χ4v) is 2.47. The summed E-state index contributed by atoms with van der Waals surface area (Å²) in [5, 5.41) is 0. The maximum atomic E-state index is 5.88. The summed E-state index contributed by atoms with van der Waals surface area (Å²) in [4.78, 5) is 2.34. The van der Waals surface area contributed by atoms with Crippen LogP contribution in [0.25, 0.3) is 0 Å². The first kappa shape index (κ1) is 8.52. The second-order valence-corrected chi connectivity index (χ2v) is 4.87. The molecule has 1 atom stereocenters. The normalized spacial score (nSPS) is 34.5. The van der Waals surface area contributed by atoms with Gasteiger partial charge in [-0.3, -0.25) is 0 Å². The molecule has 12 heavy (non-hydrogen) atoms. The van der Waals surface area contributed by atoms with Gasteiger partial charge in [0.1, 0.15) is 0 Å². The van der Waals surface area contributed by atoms with Gasteiger partial charge in [0.15, 0.2) is 0 Å². The molecule has 2 aliphatic heterocycles. The molecule has 2 nitrogen and oxygen atoms in total. The second-order valence-electron chi connectivity index (χ2n) is 4.87. The molecule has 0 N–H and O–H groups in total. The van der Waals surface area contributed by atoms with E-state index in [0.29, 0.717) is 0 Å². The summed E-state index contributed by atoms with van der Waals surface area (Å²) in [5.74, 6) is 1.59. The average molecular weight is 169 g/mol. The molecule has 0 amide bonds. The molecule has 2 heterocycles. The van der Waals surface area contributed by atoms with Crippen molar-refractivity contribution in [3.63, 3.8) is 0 Å². The summed E-state index contributed by atoms with van der Waals surface area (Å²) in [6.45, 7) is 7.89. The zero-order valence-corrected chi connectivity index (χ0v) is 8.34. The third kappa shape index (κ3) is 1.27. The highest BCUT2D eigenvalue weighted by atomic mass is 16.5.